The molecule has 0 spiro atoms. The van der Waals surface area contributed by atoms with E-state index < -0.39 is 0 Å². The van der Waals surface area contributed by atoms with Gasteiger partial charge in [-0.05, 0) is 43.9 Å². The van der Waals surface area contributed by atoms with Crippen LogP contribution in [0, 0.1) is 6.92 Å². The molecule has 160 valence electrons. The molecule has 0 aliphatic heterocycles. The number of nitrogens with one attached hydrogen (secondary N) is 2. The minimum Gasteiger partial charge on any atom is -0.487 e. The van der Waals surface area contributed by atoms with Gasteiger partial charge >= 0.3 is 0 Å². The van der Waals surface area contributed by atoms with Crippen LogP contribution in [0.5, 0.6) is 5.75 Å². The predicted molar refractivity (Wildman–Crippen MR) is 122 cm³/mol. The number of aryl methyl sites for hydroxylation is 1. The fourth-order valence-corrected chi connectivity index (χ4v) is 3.15. The maximum absolute atomic E-state index is 6.22. The van der Waals surface area contributed by atoms with Gasteiger partial charge in [0.2, 0.25) is 0 Å². The van der Waals surface area contributed by atoms with E-state index in [1.54, 1.807) is 0 Å². The molecule has 0 aliphatic rings. The quantitative estimate of drug-likeness (QED) is 0.318. The number of halogens is 1. The monoisotopic (exact) mass is 438 g/mol. The Balaban J connectivity index is 1.98. The van der Waals surface area contributed by atoms with E-state index in [-0.39, 0.29) is 6.10 Å². The molecule has 0 fully saturated rings. The highest BCUT2D eigenvalue weighted by atomic mass is 35.5. The van der Waals surface area contributed by atoms with Crippen molar-refractivity contribution in [1.82, 2.24) is 25.4 Å². The molecule has 0 saturated heterocycles. The standard InChI is InChI=1S/C20H31ClN6OS/c1-5-16(28-18-10-7-6-9-17(18)21)13-23-20(22-11-8-12-29-4)24-14-19-26-25-15(2)27(19)3/h6-7,9-10,16H,5,8,11-14H2,1-4H3,(H2,22,23,24). The minimum atomic E-state index is -0.0230. The summed E-state index contributed by atoms with van der Waals surface area (Å²) in [6, 6.07) is 7.54. The van der Waals surface area contributed by atoms with Crippen LogP contribution in [0.15, 0.2) is 29.3 Å². The second-order valence-electron chi connectivity index (χ2n) is 6.62. The summed E-state index contributed by atoms with van der Waals surface area (Å²) in [5.74, 6) is 4.25. The third-order valence-corrected chi connectivity index (χ3v) is 5.47. The first kappa shape index (κ1) is 23.3. The molecule has 0 aliphatic carbocycles. The maximum Gasteiger partial charge on any atom is 0.191 e. The van der Waals surface area contributed by atoms with Gasteiger partial charge in [0.15, 0.2) is 11.8 Å². The molecule has 1 aromatic heterocycles. The van der Waals surface area contributed by atoms with Crippen molar-refractivity contribution in [3.8, 4) is 5.75 Å². The number of benzene rings is 1. The van der Waals surface area contributed by atoms with E-state index in [2.05, 4.69) is 39.0 Å². The highest BCUT2D eigenvalue weighted by Gasteiger charge is 2.12. The topological polar surface area (TPSA) is 76.4 Å². The summed E-state index contributed by atoms with van der Waals surface area (Å²) < 4.78 is 8.01. The Morgan fingerprint density at radius 3 is 2.76 bits per heavy atom. The highest BCUT2D eigenvalue weighted by Crippen LogP contribution is 2.24. The lowest BCUT2D eigenvalue weighted by atomic mass is 10.2. The number of para-hydroxylation sites is 1. The van der Waals surface area contributed by atoms with Gasteiger partial charge in [0.25, 0.3) is 0 Å². The van der Waals surface area contributed by atoms with E-state index in [4.69, 9.17) is 16.3 Å². The van der Waals surface area contributed by atoms with Crippen molar-refractivity contribution >= 4 is 29.3 Å². The van der Waals surface area contributed by atoms with E-state index in [1.165, 1.54) is 0 Å². The molecular formula is C20H31ClN6OS. The van der Waals surface area contributed by atoms with Crippen LogP contribution in [0.25, 0.3) is 0 Å². The molecule has 0 bridgehead atoms. The van der Waals surface area contributed by atoms with Crippen molar-refractivity contribution < 1.29 is 4.74 Å². The maximum atomic E-state index is 6.22. The van der Waals surface area contributed by atoms with Gasteiger partial charge in [0, 0.05) is 13.6 Å². The van der Waals surface area contributed by atoms with Crippen molar-refractivity contribution in [2.45, 2.75) is 39.3 Å². The van der Waals surface area contributed by atoms with Gasteiger partial charge in [0.05, 0.1) is 11.6 Å². The summed E-state index contributed by atoms with van der Waals surface area (Å²) in [5, 5.41) is 15.7. The van der Waals surface area contributed by atoms with E-state index in [0.29, 0.717) is 23.9 Å². The van der Waals surface area contributed by atoms with E-state index >= 15 is 0 Å². The van der Waals surface area contributed by atoms with Crippen LogP contribution < -0.4 is 15.4 Å². The average molecular weight is 439 g/mol. The van der Waals surface area contributed by atoms with Crippen molar-refractivity contribution in [3.63, 3.8) is 0 Å². The molecule has 7 nitrogen and oxygen atoms in total. The number of ether oxygens (including phenoxy) is 1. The number of guanidine groups is 1. The fourth-order valence-electron chi connectivity index (χ4n) is 2.54. The number of rotatable bonds is 11. The molecule has 1 aromatic carbocycles. The summed E-state index contributed by atoms with van der Waals surface area (Å²) in [7, 11) is 1.95. The lowest BCUT2D eigenvalue weighted by Crippen LogP contribution is -2.43. The number of aromatic nitrogens is 3. The molecule has 1 heterocycles. The average Bonchev–Trinajstić information content (AvgIpc) is 3.05. The van der Waals surface area contributed by atoms with Gasteiger partial charge in [-0.3, -0.25) is 0 Å². The molecule has 29 heavy (non-hydrogen) atoms. The first-order chi connectivity index (χ1) is 14.0. The van der Waals surface area contributed by atoms with Crippen LogP contribution in [-0.4, -0.2) is 51.9 Å². The normalized spacial score (nSPS) is 12.7. The van der Waals surface area contributed by atoms with E-state index in [0.717, 1.165) is 42.7 Å². The van der Waals surface area contributed by atoms with Crippen molar-refractivity contribution in [1.29, 1.82) is 0 Å². The van der Waals surface area contributed by atoms with Crippen LogP contribution in [-0.2, 0) is 13.6 Å². The van der Waals surface area contributed by atoms with Gasteiger partial charge in [-0.1, -0.05) is 30.7 Å². The first-order valence-electron chi connectivity index (χ1n) is 9.82. The number of hydrogen-bond donors (Lipinski definition) is 2. The van der Waals surface area contributed by atoms with Crippen LogP contribution in [0.2, 0.25) is 5.02 Å². The van der Waals surface area contributed by atoms with Crippen molar-refractivity contribution in [2.75, 3.05) is 25.1 Å². The SMILES string of the molecule is CCC(CNC(=NCc1nnc(C)n1C)NCCCSC)Oc1ccccc1Cl. The summed E-state index contributed by atoms with van der Waals surface area (Å²) in [4.78, 5) is 4.68. The number of aliphatic imine (C=N–C) groups is 1. The molecule has 2 N–H and O–H groups in total. The van der Waals surface area contributed by atoms with Crippen LogP contribution >= 0.6 is 23.4 Å². The summed E-state index contributed by atoms with van der Waals surface area (Å²) >= 11 is 8.06. The largest absolute Gasteiger partial charge is 0.487 e. The minimum absolute atomic E-state index is 0.0230. The van der Waals surface area contributed by atoms with Gasteiger partial charge in [-0.15, -0.1) is 10.2 Å². The number of hydrogen-bond acceptors (Lipinski definition) is 5. The lowest BCUT2D eigenvalue weighted by molar-refractivity contribution is 0.199. The molecule has 9 heteroatoms. The van der Waals surface area contributed by atoms with Crippen LogP contribution in [0.4, 0.5) is 0 Å². The first-order valence-corrected chi connectivity index (χ1v) is 11.6. The Kier molecular flexibility index (Phi) is 10.1. The van der Waals surface area contributed by atoms with Gasteiger partial charge in [-0.2, -0.15) is 11.8 Å². The number of thioether (sulfide) groups is 1. The zero-order valence-electron chi connectivity index (χ0n) is 17.6. The van der Waals surface area contributed by atoms with Crippen molar-refractivity contribution in [2.24, 2.45) is 12.0 Å². The zero-order chi connectivity index (χ0) is 21.1. The Labute approximate surface area is 182 Å². The van der Waals surface area contributed by atoms with Crippen LogP contribution in [0.1, 0.15) is 31.4 Å². The summed E-state index contributed by atoms with van der Waals surface area (Å²) in [6.45, 7) is 5.95. The molecule has 2 aromatic rings. The van der Waals surface area contributed by atoms with E-state index in [1.807, 2.05) is 54.6 Å². The Bertz CT molecular complexity index is 782. The smallest absolute Gasteiger partial charge is 0.191 e. The third-order valence-electron chi connectivity index (χ3n) is 4.46. The lowest BCUT2D eigenvalue weighted by Gasteiger charge is -2.20. The zero-order valence-corrected chi connectivity index (χ0v) is 19.2. The Morgan fingerprint density at radius 1 is 1.31 bits per heavy atom. The molecule has 1 unspecified atom stereocenters. The molecular weight excluding hydrogens is 408 g/mol. The second-order valence-corrected chi connectivity index (χ2v) is 8.01. The number of nitrogens with zero attached hydrogens (tertiary/aromatic N) is 4. The highest BCUT2D eigenvalue weighted by molar-refractivity contribution is 7.98. The Morgan fingerprint density at radius 2 is 2.10 bits per heavy atom. The molecule has 0 amide bonds. The Hall–Kier alpha value is -1.93. The van der Waals surface area contributed by atoms with E-state index in [9.17, 15) is 0 Å². The molecule has 0 radical (unpaired) electrons. The molecule has 1 atom stereocenters. The van der Waals surface area contributed by atoms with Crippen LogP contribution in [0.3, 0.4) is 0 Å². The fraction of sp³-hybridized carbons (Fsp3) is 0.550. The van der Waals surface area contributed by atoms with Crippen molar-refractivity contribution in [3.05, 3.63) is 40.9 Å². The molecule has 2 rings (SSSR count). The molecule has 0 saturated carbocycles. The predicted octanol–water partition coefficient (Wildman–Crippen LogP) is 3.42. The van der Waals surface area contributed by atoms with Gasteiger partial charge in [0.1, 0.15) is 24.2 Å². The summed E-state index contributed by atoms with van der Waals surface area (Å²) in [5.41, 5.74) is 0. The van der Waals surface area contributed by atoms with Gasteiger partial charge in [-0.25, -0.2) is 4.99 Å². The van der Waals surface area contributed by atoms with Gasteiger partial charge < -0.3 is 19.9 Å². The third kappa shape index (κ3) is 7.78. The summed E-state index contributed by atoms with van der Waals surface area (Å²) in [6.07, 6.45) is 4.01. The second kappa shape index (κ2) is 12.6.